The van der Waals surface area contributed by atoms with Crippen molar-refractivity contribution in [3.63, 3.8) is 0 Å². The zero-order valence-corrected chi connectivity index (χ0v) is 12.8. The van der Waals surface area contributed by atoms with Gasteiger partial charge in [0.05, 0.1) is 6.10 Å². The Bertz CT molecular complexity index is 519. The van der Waals surface area contributed by atoms with Gasteiger partial charge in [-0.1, -0.05) is 40.2 Å². The van der Waals surface area contributed by atoms with Crippen LogP contribution < -0.4 is 4.90 Å². The topological polar surface area (TPSA) is 23.5 Å². The van der Waals surface area contributed by atoms with Gasteiger partial charge in [0.2, 0.25) is 0 Å². The molecule has 2 nitrogen and oxygen atoms in total. The van der Waals surface area contributed by atoms with Crippen molar-refractivity contribution in [1.82, 2.24) is 0 Å². The summed E-state index contributed by atoms with van der Waals surface area (Å²) in [7, 11) is 2.07. The second kappa shape index (κ2) is 6.22. The third kappa shape index (κ3) is 3.82. The van der Waals surface area contributed by atoms with Crippen LogP contribution in [0.5, 0.6) is 0 Å². The molecule has 3 heteroatoms. The number of halogens is 1. The standard InChI is InChI=1S/C16H18BrNO/c1-12(19)14-5-9-16(10-6-14)18(2)11-13-3-7-15(17)8-4-13/h3-10,12,19H,11H2,1-2H3/t12-/m0/s1. The van der Waals surface area contributed by atoms with Gasteiger partial charge in [0, 0.05) is 23.8 Å². The monoisotopic (exact) mass is 319 g/mol. The Morgan fingerprint density at radius 3 is 2.16 bits per heavy atom. The highest BCUT2D eigenvalue weighted by molar-refractivity contribution is 9.10. The number of nitrogens with zero attached hydrogens (tertiary/aromatic N) is 1. The van der Waals surface area contributed by atoms with Gasteiger partial charge in [-0.05, 0) is 42.3 Å². The zero-order chi connectivity index (χ0) is 13.8. The largest absolute Gasteiger partial charge is 0.389 e. The van der Waals surface area contributed by atoms with Crippen LogP contribution in [0.15, 0.2) is 53.0 Å². The zero-order valence-electron chi connectivity index (χ0n) is 11.2. The Morgan fingerprint density at radius 1 is 1.05 bits per heavy atom. The average Bonchev–Trinajstić information content (AvgIpc) is 2.41. The minimum Gasteiger partial charge on any atom is -0.389 e. The Morgan fingerprint density at radius 2 is 1.63 bits per heavy atom. The van der Waals surface area contributed by atoms with Crippen molar-refractivity contribution in [1.29, 1.82) is 0 Å². The number of aliphatic hydroxyl groups excluding tert-OH is 1. The van der Waals surface area contributed by atoms with Gasteiger partial charge < -0.3 is 10.0 Å². The lowest BCUT2D eigenvalue weighted by Crippen LogP contribution is -2.16. The van der Waals surface area contributed by atoms with Gasteiger partial charge in [0.1, 0.15) is 0 Å². The Kier molecular flexibility index (Phi) is 4.61. The molecule has 0 unspecified atom stereocenters. The number of aliphatic hydroxyl groups is 1. The third-order valence-electron chi connectivity index (χ3n) is 3.15. The molecule has 0 bridgehead atoms. The van der Waals surface area contributed by atoms with Crippen LogP contribution in [0.2, 0.25) is 0 Å². The number of rotatable bonds is 4. The van der Waals surface area contributed by atoms with Crippen molar-refractivity contribution in [3.8, 4) is 0 Å². The molecule has 2 aromatic carbocycles. The van der Waals surface area contributed by atoms with E-state index in [2.05, 4.69) is 52.1 Å². The van der Waals surface area contributed by atoms with E-state index in [1.807, 2.05) is 24.3 Å². The fourth-order valence-corrected chi connectivity index (χ4v) is 2.23. The first-order valence-corrected chi connectivity index (χ1v) is 7.09. The molecule has 0 aliphatic heterocycles. The van der Waals surface area contributed by atoms with E-state index in [1.165, 1.54) is 5.56 Å². The van der Waals surface area contributed by atoms with Crippen LogP contribution in [0.25, 0.3) is 0 Å². The Hall–Kier alpha value is -1.32. The van der Waals surface area contributed by atoms with Crippen molar-refractivity contribution >= 4 is 21.6 Å². The molecule has 0 radical (unpaired) electrons. The predicted molar refractivity (Wildman–Crippen MR) is 83.3 cm³/mol. The molecule has 2 aromatic rings. The van der Waals surface area contributed by atoms with Gasteiger partial charge in [-0.25, -0.2) is 0 Å². The van der Waals surface area contributed by atoms with Crippen LogP contribution >= 0.6 is 15.9 Å². The van der Waals surface area contributed by atoms with E-state index < -0.39 is 6.10 Å². The normalized spacial score (nSPS) is 12.2. The summed E-state index contributed by atoms with van der Waals surface area (Å²) in [5, 5.41) is 9.50. The molecule has 0 saturated carbocycles. The summed E-state index contributed by atoms with van der Waals surface area (Å²) < 4.78 is 1.10. The lowest BCUT2D eigenvalue weighted by atomic mass is 10.1. The van der Waals surface area contributed by atoms with Crippen LogP contribution in [0.3, 0.4) is 0 Å². The molecule has 0 aromatic heterocycles. The van der Waals surface area contributed by atoms with Crippen LogP contribution in [-0.4, -0.2) is 12.2 Å². The minimum atomic E-state index is -0.411. The first-order valence-electron chi connectivity index (χ1n) is 6.30. The number of benzene rings is 2. The molecule has 0 fully saturated rings. The average molecular weight is 320 g/mol. The third-order valence-corrected chi connectivity index (χ3v) is 3.68. The lowest BCUT2D eigenvalue weighted by Gasteiger charge is -2.20. The molecule has 0 aliphatic carbocycles. The van der Waals surface area contributed by atoms with E-state index in [9.17, 15) is 5.11 Å². The van der Waals surface area contributed by atoms with Crippen molar-refractivity contribution < 1.29 is 5.11 Å². The number of hydrogen-bond acceptors (Lipinski definition) is 2. The van der Waals surface area contributed by atoms with E-state index in [-0.39, 0.29) is 0 Å². The van der Waals surface area contributed by atoms with E-state index >= 15 is 0 Å². The van der Waals surface area contributed by atoms with E-state index in [4.69, 9.17) is 0 Å². The summed E-state index contributed by atoms with van der Waals surface area (Å²) in [5.74, 6) is 0. The Balaban J connectivity index is 2.07. The van der Waals surface area contributed by atoms with Gasteiger partial charge >= 0.3 is 0 Å². The molecule has 19 heavy (non-hydrogen) atoms. The number of hydrogen-bond donors (Lipinski definition) is 1. The molecule has 0 heterocycles. The van der Waals surface area contributed by atoms with Crippen molar-refractivity contribution in [2.75, 3.05) is 11.9 Å². The lowest BCUT2D eigenvalue weighted by molar-refractivity contribution is 0.199. The second-order valence-corrected chi connectivity index (χ2v) is 5.67. The molecule has 1 atom stereocenters. The fourth-order valence-electron chi connectivity index (χ4n) is 1.96. The molecule has 100 valence electrons. The molecule has 0 aliphatic rings. The molecule has 1 N–H and O–H groups in total. The van der Waals surface area contributed by atoms with E-state index in [1.54, 1.807) is 6.92 Å². The quantitative estimate of drug-likeness (QED) is 0.915. The summed E-state index contributed by atoms with van der Waals surface area (Å²) in [6.07, 6.45) is -0.411. The van der Waals surface area contributed by atoms with Crippen molar-refractivity contribution in [2.24, 2.45) is 0 Å². The summed E-state index contributed by atoms with van der Waals surface area (Å²) in [5.41, 5.74) is 3.36. The summed E-state index contributed by atoms with van der Waals surface area (Å²) in [4.78, 5) is 2.19. The summed E-state index contributed by atoms with van der Waals surface area (Å²) >= 11 is 3.44. The molecule has 0 amide bonds. The maximum absolute atomic E-state index is 9.50. The summed E-state index contributed by atoms with van der Waals surface area (Å²) in [6.45, 7) is 2.64. The molecular weight excluding hydrogens is 302 g/mol. The smallest absolute Gasteiger partial charge is 0.0761 e. The van der Waals surface area contributed by atoms with Gasteiger partial charge in [0.15, 0.2) is 0 Å². The van der Waals surface area contributed by atoms with Crippen LogP contribution in [0.4, 0.5) is 5.69 Å². The maximum Gasteiger partial charge on any atom is 0.0761 e. The molecular formula is C16H18BrNO. The van der Waals surface area contributed by atoms with Crippen LogP contribution in [0, 0.1) is 0 Å². The van der Waals surface area contributed by atoms with Crippen LogP contribution in [-0.2, 0) is 6.54 Å². The second-order valence-electron chi connectivity index (χ2n) is 4.75. The maximum atomic E-state index is 9.50. The SMILES string of the molecule is C[C@H](O)c1ccc(N(C)Cc2ccc(Br)cc2)cc1. The van der Waals surface area contributed by atoms with Gasteiger partial charge in [-0.3, -0.25) is 0 Å². The van der Waals surface area contributed by atoms with Crippen molar-refractivity contribution in [3.05, 3.63) is 64.1 Å². The molecule has 0 saturated heterocycles. The molecule has 0 spiro atoms. The Labute approximate surface area is 122 Å². The highest BCUT2D eigenvalue weighted by Crippen LogP contribution is 2.20. The van der Waals surface area contributed by atoms with Crippen molar-refractivity contribution in [2.45, 2.75) is 19.6 Å². The van der Waals surface area contributed by atoms with Gasteiger partial charge in [-0.15, -0.1) is 0 Å². The first-order chi connectivity index (χ1) is 9.06. The highest BCUT2D eigenvalue weighted by Gasteiger charge is 2.04. The van der Waals surface area contributed by atoms with E-state index in [0.717, 1.165) is 22.3 Å². The highest BCUT2D eigenvalue weighted by atomic mass is 79.9. The van der Waals surface area contributed by atoms with E-state index in [0.29, 0.717) is 0 Å². The number of anilines is 1. The summed E-state index contributed by atoms with van der Waals surface area (Å²) in [6, 6.07) is 16.4. The van der Waals surface area contributed by atoms with Gasteiger partial charge in [0.25, 0.3) is 0 Å². The first kappa shape index (κ1) is 14.1. The van der Waals surface area contributed by atoms with Gasteiger partial charge in [-0.2, -0.15) is 0 Å². The predicted octanol–water partition coefficient (Wildman–Crippen LogP) is 4.14. The fraction of sp³-hybridized carbons (Fsp3) is 0.250. The minimum absolute atomic E-state index is 0.411. The van der Waals surface area contributed by atoms with Crippen LogP contribution in [0.1, 0.15) is 24.2 Å². The molecule has 2 rings (SSSR count).